The quantitative estimate of drug-likeness (QED) is 0.518. The first-order valence-corrected chi connectivity index (χ1v) is 9.56. The monoisotopic (exact) mass is 424 g/mol. The summed E-state index contributed by atoms with van der Waals surface area (Å²) >= 11 is 0. The molecule has 13 heteroatoms. The molecule has 0 aliphatic rings. The Morgan fingerprint density at radius 1 is 0.885 bits per heavy atom. The summed E-state index contributed by atoms with van der Waals surface area (Å²) in [5.74, 6) is -1.54. The predicted octanol–water partition coefficient (Wildman–Crippen LogP) is 2.85. The van der Waals surface area contributed by atoms with Crippen LogP contribution in [0.25, 0.3) is 6.08 Å². The average molecular weight is 424 g/mol. The van der Waals surface area contributed by atoms with E-state index in [9.17, 15) is 48.0 Å². The van der Waals surface area contributed by atoms with Gasteiger partial charge in [-0.1, -0.05) is 36.4 Å². The van der Waals surface area contributed by atoms with E-state index in [1.807, 2.05) is 0 Å². The molecule has 0 bridgehead atoms. The van der Waals surface area contributed by atoms with Gasteiger partial charge in [-0.2, -0.15) is 26.3 Å². The van der Waals surface area contributed by atoms with Gasteiger partial charge in [-0.15, -0.1) is 0 Å². The smallest absolute Gasteiger partial charge is 0.295 e. The van der Waals surface area contributed by atoms with Crippen LogP contribution in [-0.4, -0.2) is 38.2 Å². The fraction of sp³-hybridized carbons (Fsp3) is 0.308. The molecule has 26 heavy (non-hydrogen) atoms. The molecule has 0 saturated heterocycles. The second-order valence-electron chi connectivity index (χ2n) is 4.83. The van der Waals surface area contributed by atoms with Crippen molar-refractivity contribution in [2.45, 2.75) is 22.0 Å². The molecule has 0 atom stereocenters. The standard InChI is InChI=1S/C13H10F6O5S2/c14-12(15,16)25(21,22)11(26(23,24)13(17,18)19)8-10(20)7-6-9-4-2-1-3-5-9/h1-7,11H,8H2/b7-6+. The number of sulfone groups is 2. The van der Waals surface area contributed by atoms with E-state index in [2.05, 4.69) is 0 Å². The minimum Gasteiger partial charge on any atom is -0.295 e. The van der Waals surface area contributed by atoms with Gasteiger partial charge in [0.15, 0.2) is 10.4 Å². The molecule has 146 valence electrons. The Balaban J connectivity index is 3.28. The predicted molar refractivity (Wildman–Crippen MR) is 78.8 cm³/mol. The van der Waals surface area contributed by atoms with Crippen LogP contribution < -0.4 is 0 Å². The van der Waals surface area contributed by atoms with E-state index in [4.69, 9.17) is 0 Å². The molecule has 0 fully saturated rings. The van der Waals surface area contributed by atoms with Crippen LogP contribution in [0.15, 0.2) is 36.4 Å². The van der Waals surface area contributed by atoms with Gasteiger partial charge in [0.1, 0.15) is 0 Å². The van der Waals surface area contributed by atoms with Gasteiger partial charge in [0.2, 0.25) is 0 Å². The number of halogens is 6. The molecular weight excluding hydrogens is 414 g/mol. The first-order valence-electron chi connectivity index (χ1n) is 6.47. The first-order chi connectivity index (χ1) is 11.6. The van der Waals surface area contributed by atoms with Gasteiger partial charge in [-0.25, -0.2) is 16.8 Å². The Kier molecular flexibility index (Phi) is 6.29. The summed E-state index contributed by atoms with van der Waals surface area (Å²) in [5, 5.41) is 0. The van der Waals surface area contributed by atoms with Crippen molar-refractivity contribution in [3.05, 3.63) is 42.0 Å². The minimum atomic E-state index is -6.82. The van der Waals surface area contributed by atoms with Gasteiger partial charge in [-0.05, 0) is 11.6 Å². The Bertz CT molecular complexity index is 839. The third-order valence-corrected chi connectivity index (χ3v) is 7.49. The van der Waals surface area contributed by atoms with Crippen LogP contribution in [0.3, 0.4) is 0 Å². The maximum absolute atomic E-state index is 12.6. The van der Waals surface area contributed by atoms with Crippen molar-refractivity contribution in [1.82, 2.24) is 0 Å². The molecule has 5 nitrogen and oxygen atoms in total. The second kappa shape index (κ2) is 7.39. The highest BCUT2D eigenvalue weighted by Crippen LogP contribution is 2.37. The number of carbonyl (C=O) groups excluding carboxylic acids is 1. The van der Waals surface area contributed by atoms with E-state index < -0.39 is 47.5 Å². The van der Waals surface area contributed by atoms with Crippen LogP contribution in [-0.2, 0) is 24.5 Å². The van der Waals surface area contributed by atoms with Crippen molar-refractivity contribution in [3.8, 4) is 0 Å². The molecule has 0 aliphatic heterocycles. The van der Waals surface area contributed by atoms with Crippen molar-refractivity contribution < 1.29 is 48.0 Å². The third kappa shape index (κ3) is 4.84. The van der Waals surface area contributed by atoms with Crippen molar-refractivity contribution in [2.75, 3.05) is 0 Å². The number of allylic oxidation sites excluding steroid dienone is 1. The highest BCUT2D eigenvalue weighted by atomic mass is 32.3. The summed E-state index contributed by atoms with van der Waals surface area (Å²) < 4.78 is 116. The molecule has 0 saturated carbocycles. The number of carbonyl (C=O) groups is 1. The highest BCUT2D eigenvalue weighted by Gasteiger charge is 2.63. The third-order valence-electron chi connectivity index (χ3n) is 2.97. The average Bonchev–Trinajstić information content (AvgIpc) is 2.49. The van der Waals surface area contributed by atoms with Crippen molar-refractivity contribution in [3.63, 3.8) is 0 Å². The fourth-order valence-electron chi connectivity index (χ4n) is 1.67. The van der Waals surface area contributed by atoms with Crippen LogP contribution >= 0.6 is 0 Å². The molecule has 1 rings (SSSR count). The largest absolute Gasteiger partial charge is 0.498 e. The zero-order chi connectivity index (χ0) is 20.4. The Labute approximate surface area is 144 Å². The minimum absolute atomic E-state index is 0.328. The summed E-state index contributed by atoms with van der Waals surface area (Å²) in [6, 6.07) is 7.46. The zero-order valence-corrected chi connectivity index (χ0v) is 14.1. The van der Waals surface area contributed by atoms with Gasteiger partial charge in [0.25, 0.3) is 19.7 Å². The first kappa shape index (κ1) is 22.2. The summed E-state index contributed by atoms with van der Waals surface area (Å²) in [7, 11) is -13.6. The molecule has 1 aromatic carbocycles. The molecule has 0 radical (unpaired) electrons. The Morgan fingerprint density at radius 3 is 1.69 bits per heavy atom. The molecule has 0 N–H and O–H groups in total. The molecular formula is C13H10F6O5S2. The number of hydrogen-bond donors (Lipinski definition) is 0. The second-order valence-corrected chi connectivity index (χ2v) is 9.37. The van der Waals surface area contributed by atoms with E-state index in [-0.39, 0.29) is 0 Å². The van der Waals surface area contributed by atoms with Crippen LogP contribution in [0.2, 0.25) is 0 Å². The number of hydrogen-bond acceptors (Lipinski definition) is 5. The number of benzene rings is 1. The number of alkyl halides is 6. The summed E-state index contributed by atoms with van der Waals surface area (Å²) in [5.41, 5.74) is -12.3. The zero-order valence-electron chi connectivity index (χ0n) is 12.5. The van der Waals surface area contributed by atoms with Gasteiger partial charge in [-0.3, -0.25) is 4.79 Å². The maximum atomic E-state index is 12.6. The molecule has 0 unspecified atom stereocenters. The van der Waals surface area contributed by atoms with E-state index >= 15 is 0 Å². The number of ketones is 1. The lowest BCUT2D eigenvalue weighted by Crippen LogP contribution is -2.45. The Hall–Kier alpha value is -1.89. The lowest BCUT2D eigenvalue weighted by molar-refractivity contribution is -0.114. The summed E-state index contributed by atoms with van der Waals surface area (Å²) in [4.78, 5) is 11.6. The van der Waals surface area contributed by atoms with Gasteiger partial charge in [0, 0.05) is 6.42 Å². The highest BCUT2D eigenvalue weighted by molar-refractivity contribution is 8.09. The van der Waals surface area contributed by atoms with Crippen LogP contribution in [0.1, 0.15) is 12.0 Å². The summed E-state index contributed by atoms with van der Waals surface area (Å²) in [6.07, 6.45) is -0.549. The molecule has 0 aromatic heterocycles. The van der Waals surface area contributed by atoms with E-state index in [1.165, 1.54) is 24.3 Å². The Morgan fingerprint density at radius 2 is 1.31 bits per heavy atom. The normalized spacial score (nSPS) is 14.1. The lowest BCUT2D eigenvalue weighted by Gasteiger charge is -2.19. The van der Waals surface area contributed by atoms with Crippen molar-refractivity contribution in [2.24, 2.45) is 0 Å². The van der Waals surface area contributed by atoms with Gasteiger partial charge >= 0.3 is 11.0 Å². The van der Waals surface area contributed by atoms with E-state index in [0.717, 1.165) is 6.08 Å². The van der Waals surface area contributed by atoms with E-state index in [0.29, 0.717) is 11.6 Å². The molecule has 0 aliphatic carbocycles. The molecule has 0 spiro atoms. The fourth-order valence-corrected chi connectivity index (χ4v) is 5.02. The van der Waals surface area contributed by atoms with Crippen molar-refractivity contribution >= 4 is 31.5 Å². The van der Waals surface area contributed by atoms with Crippen LogP contribution in [0.4, 0.5) is 26.3 Å². The molecule has 1 aromatic rings. The topological polar surface area (TPSA) is 85.3 Å². The summed E-state index contributed by atoms with van der Waals surface area (Å²) in [6.45, 7) is 0. The van der Waals surface area contributed by atoms with Crippen LogP contribution in [0, 0.1) is 0 Å². The molecule has 0 amide bonds. The van der Waals surface area contributed by atoms with Crippen molar-refractivity contribution in [1.29, 1.82) is 0 Å². The maximum Gasteiger partial charge on any atom is 0.498 e. The van der Waals surface area contributed by atoms with Crippen LogP contribution in [0.5, 0.6) is 0 Å². The van der Waals surface area contributed by atoms with Gasteiger partial charge < -0.3 is 0 Å². The van der Waals surface area contributed by atoms with Gasteiger partial charge in [0.05, 0.1) is 0 Å². The van der Waals surface area contributed by atoms with E-state index in [1.54, 1.807) is 6.07 Å². The SMILES string of the molecule is O=C(/C=C/c1ccccc1)CC(S(=O)(=O)C(F)(F)F)S(=O)(=O)C(F)(F)F. The lowest BCUT2D eigenvalue weighted by atomic mass is 10.2. The number of rotatable bonds is 6. The molecule has 0 heterocycles.